The molecule has 1 aliphatic rings. The molecule has 1 aromatic carbocycles. The summed E-state index contributed by atoms with van der Waals surface area (Å²) < 4.78 is 10.6. The van der Waals surface area contributed by atoms with Crippen molar-refractivity contribution < 1.29 is 14.3 Å². The third-order valence-electron chi connectivity index (χ3n) is 3.61. The number of benzene rings is 1. The molecule has 0 aliphatic carbocycles. The maximum Gasteiger partial charge on any atom is 0.270 e. The molecule has 6 nitrogen and oxygen atoms in total. The average molecular weight is 307 g/mol. The van der Waals surface area contributed by atoms with Gasteiger partial charge in [0.2, 0.25) is 6.79 Å². The van der Waals surface area contributed by atoms with Crippen LogP contribution in [0.1, 0.15) is 16.1 Å². The van der Waals surface area contributed by atoms with Gasteiger partial charge in [0.25, 0.3) is 5.91 Å². The van der Waals surface area contributed by atoms with E-state index >= 15 is 0 Å². The lowest BCUT2D eigenvalue weighted by Gasteiger charge is -2.06. The Hall–Kier alpha value is -3.15. The maximum atomic E-state index is 12.3. The van der Waals surface area contributed by atoms with Crippen LogP contribution in [0.15, 0.2) is 48.8 Å². The van der Waals surface area contributed by atoms with Crippen molar-refractivity contribution in [1.82, 2.24) is 15.3 Å². The molecule has 0 unspecified atom stereocenters. The van der Waals surface area contributed by atoms with E-state index in [1.165, 1.54) is 0 Å². The summed E-state index contributed by atoms with van der Waals surface area (Å²) >= 11 is 0. The van der Waals surface area contributed by atoms with E-state index in [-0.39, 0.29) is 12.7 Å². The van der Waals surface area contributed by atoms with Crippen LogP contribution in [-0.2, 0) is 6.54 Å². The largest absolute Gasteiger partial charge is 0.454 e. The van der Waals surface area contributed by atoms with Crippen LogP contribution in [0.25, 0.3) is 10.9 Å². The second kappa shape index (κ2) is 5.57. The van der Waals surface area contributed by atoms with Crippen LogP contribution in [-0.4, -0.2) is 22.7 Å². The number of hydrogen-bond donors (Lipinski definition) is 1. The number of fused-ring (bicyclic) bond motifs is 2. The number of rotatable bonds is 3. The highest BCUT2D eigenvalue weighted by atomic mass is 16.7. The minimum atomic E-state index is -0.221. The first-order valence-electron chi connectivity index (χ1n) is 7.17. The molecule has 114 valence electrons. The summed E-state index contributed by atoms with van der Waals surface area (Å²) in [6, 6.07) is 10.9. The van der Waals surface area contributed by atoms with Gasteiger partial charge >= 0.3 is 0 Å². The van der Waals surface area contributed by atoms with Crippen LogP contribution in [0.2, 0.25) is 0 Å². The second-order valence-corrected chi connectivity index (χ2v) is 5.14. The van der Waals surface area contributed by atoms with E-state index in [0.29, 0.717) is 18.0 Å². The standard InChI is InChI=1S/C17H13N3O3/c21-17(14-3-2-12-9-18-6-5-13(12)20-14)19-8-11-1-4-15-16(7-11)23-10-22-15/h1-7,9H,8,10H2,(H,19,21). The van der Waals surface area contributed by atoms with Gasteiger partial charge in [0.1, 0.15) is 5.69 Å². The Morgan fingerprint density at radius 2 is 2.04 bits per heavy atom. The normalized spacial score (nSPS) is 12.3. The van der Waals surface area contributed by atoms with Crippen molar-refractivity contribution in [3.8, 4) is 11.5 Å². The summed E-state index contributed by atoms with van der Waals surface area (Å²) in [4.78, 5) is 20.6. The lowest BCUT2D eigenvalue weighted by Crippen LogP contribution is -2.23. The number of carbonyl (C=O) groups is 1. The summed E-state index contributed by atoms with van der Waals surface area (Å²) in [6.45, 7) is 0.631. The molecule has 0 saturated carbocycles. The third-order valence-corrected chi connectivity index (χ3v) is 3.61. The van der Waals surface area contributed by atoms with Crippen LogP contribution in [0.4, 0.5) is 0 Å². The van der Waals surface area contributed by atoms with Crippen molar-refractivity contribution in [2.24, 2.45) is 0 Å². The fourth-order valence-electron chi connectivity index (χ4n) is 2.42. The van der Waals surface area contributed by atoms with Gasteiger partial charge < -0.3 is 14.8 Å². The molecule has 3 heterocycles. The van der Waals surface area contributed by atoms with Gasteiger partial charge in [0.15, 0.2) is 11.5 Å². The van der Waals surface area contributed by atoms with Gasteiger partial charge in [-0.2, -0.15) is 0 Å². The van der Waals surface area contributed by atoms with Gasteiger partial charge in [-0.05, 0) is 35.9 Å². The monoisotopic (exact) mass is 307 g/mol. The quantitative estimate of drug-likeness (QED) is 0.803. The van der Waals surface area contributed by atoms with E-state index < -0.39 is 0 Å². The number of pyridine rings is 2. The molecule has 0 bridgehead atoms. The number of ether oxygens (including phenoxy) is 2. The zero-order valence-electron chi connectivity index (χ0n) is 12.2. The first kappa shape index (κ1) is 13.5. The zero-order valence-corrected chi connectivity index (χ0v) is 12.2. The Morgan fingerprint density at radius 3 is 3.00 bits per heavy atom. The number of carbonyl (C=O) groups excluding carboxylic acids is 1. The lowest BCUT2D eigenvalue weighted by atomic mass is 10.2. The Labute approximate surface area is 132 Å². The smallest absolute Gasteiger partial charge is 0.270 e. The molecule has 0 atom stereocenters. The fraction of sp³-hybridized carbons (Fsp3) is 0.118. The zero-order chi connectivity index (χ0) is 15.6. The SMILES string of the molecule is O=C(NCc1ccc2c(c1)OCO2)c1ccc2cnccc2n1. The number of nitrogens with one attached hydrogen (secondary N) is 1. The molecule has 1 amide bonds. The first-order valence-corrected chi connectivity index (χ1v) is 7.17. The van der Waals surface area contributed by atoms with Gasteiger partial charge in [-0.15, -0.1) is 0 Å². The Kier molecular flexibility index (Phi) is 3.27. The lowest BCUT2D eigenvalue weighted by molar-refractivity contribution is 0.0946. The second-order valence-electron chi connectivity index (χ2n) is 5.14. The van der Waals surface area contributed by atoms with Crippen molar-refractivity contribution in [2.75, 3.05) is 6.79 Å². The molecule has 0 radical (unpaired) electrons. The number of hydrogen-bond acceptors (Lipinski definition) is 5. The molecule has 4 rings (SSSR count). The van der Waals surface area contributed by atoms with Crippen LogP contribution >= 0.6 is 0 Å². The van der Waals surface area contributed by atoms with E-state index in [2.05, 4.69) is 15.3 Å². The molecule has 0 saturated heterocycles. The molecule has 0 spiro atoms. The Morgan fingerprint density at radius 1 is 1.13 bits per heavy atom. The van der Waals surface area contributed by atoms with Gasteiger partial charge in [-0.3, -0.25) is 9.78 Å². The summed E-state index contributed by atoms with van der Waals surface area (Å²) in [6.07, 6.45) is 3.38. The van der Waals surface area contributed by atoms with E-state index in [0.717, 1.165) is 22.2 Å². The highest BCUT2D eigenvalue weighted by Gasteiger charge is 2.14. The van der Waals surface area contributed by atoms with Crippen LogP contribution in [0, 0.1) is 0 Å². The molecule has 6 heteroatoms. The van der Waals surface area contributed by atoms with Crippen molar-refractivity contribution >= 4 is 16.8 Å². The predicted octanol–water partition coefficient (Wildman–Crippen LogP) is 2.29. The van der Waals surface area contributed by atoms with Crippen LogP contribution in [0.5, 0.6) is 11.5 Å². The molecular formula is C17H13N3O3. The molecule has 3 aromatic rings. The van der Waals surface area contributed by atoms with E-state index in [9.17, 15) is 4.79 Å². The highest BCUT2D eigenvalue weighted by Crippen LogP contribution is 2.32. The fourth-order valence-corrected chi connectivity index (χ4v) is 2.42. The van der Waals surface area contributed by atoms with Crippen molar-refractivity contribution in [1.29, 1.82) is 0 Å². The highest BCUT2D eigenvalue weighted by molar-refractivity contribution is 5.94. The van der Waals surface area contributed by atoms with E-state index in [1.54, 1.807) is 24.5 Å². The van der Waals surface area contributed by atoms with Crippen molar-refractivity contribution in [3.05, 3.63) is 60.0 Å². The number of amides is 1. The summed E-state index contributed by atoms with van der Waals surface area (Å²) in [5.74, 6) is 1.21. The van der Waals surface area contributed by atoms with Crippen molar-refractivity contribution in [2.45, 2.75) is 6.54 Å². The predicted molar refractivity (Wildman–Crippen MR) is 83.3 cm³/mol. The van der Waals surface area contributed by atoms with E-state index in [4.69, 9.17) is 9.47 Å². The summed E-state index contributed by atoms with van der Waals surface area (Å²) in [5, 5.41) is 3.76. The molecule has 2 aromatic heterocycles. The topological polar surface area (TPSA) is 73.3 Å². The molecule has 0 fully saturated rings. The Bertz CT molecular complexity index is 895. The van der Waals surface area contributed by atoms with E-state index in [1.807, 2.05) is 24.3 Å². The minimum Gasteiger partial charge on any atom is -0.454 e. The summed E-state index contributed by atoms with van der Waals surface area (Å²) in [7, 11) is 0. The van der Waals surface area contributed by atoms with Crippen molar-refractivity contribution in [3.63, 3.8) is 0 Å². The van der Waals surface area contributed by atoms with Gasteiger partial charge in [0, 0.05) is 24.3 Å². The minimum absolute atomic E-state index is 0.221. The number of aromatic nitrogens is 2. The molecule has 1 N–H and O–H groups in total. The average Bonchev–Trinajstić information content (AvgIpc) is 3.07. The first-order chi connectivity index (χ1) is 11.3. The summed E-state index contributed by atoms with van der Waals surface area (Å²) in [5.41, 5.74) is 2.06. The van der Waals surface area contributed by atoms with Crippen LogP contribution in [0.3, 0.4) is 0 Å². The van der Waals surface area contributed by atoms with Crippen LogP contribution < -0.4 is 14.8 Å². The Balaban J connectivity index is 1.48. The molecule has 23 heavy (non-hydrogen) atoms. The van der Waals surface area contributed by atoms with Gasteiger partial charge in [0.05, 0.1) is 5.52 Å². The third kappa shape index (κ3) is 2.66. The number of nitrogens with zero attached hydrogens (tertiary/aromatic N) is 2. The van der Waals surface area contributed by atoms with Gasteiger partial charge in [-0.25, -0.2) is 4.98 Å². The molecular weight excluding hydrogens is 294 g/mol. The molecule has 1 aliphatic heterocycles. The maximum absolute atomic E-state index is 12.3. The van der Waals surface area contributed by atoms with Gasteiger partial charge in [-0.1, -0.05) is 6.07 Å².